The molecule has 0 unspecified atom stereocenters. The lowest BCUT2D eigenvalue weighted by molar-refractivity contribution is -0.384. The first-order valence-corrected chi connectivity index (χ1v) is 7.08. The fourth-order valence-electron chi connectivity index (χ4n) is 2.49. The predicted octanol–water partition coefficient (Wildman–Crippen LogP) is 1.14. The summed E-state index contributed by atoms with van der Waals surface area (Å²) in [7, 11) is 0. The molecule has 1 saturated heterocycles. The molecule has 1 fully saturated rings. The van der Waals surface area contributed by atoms with Gasteiger partial charge in [-0.25, -0.2) is 0 Å². The van der Waals surface area contributed by atoms with Crippen molar-refractivity contribution in [2.45, 2.75) is 19.9 Å². The van der Waals surface area contributed by atoms with Crippen molar-refractivity contribution in [1.82, 2.24) is 10.6 Å². The number of nitro groups is 1. The van der Waals surface area contributed by atoms with Crippen LogP contribution < -0.4 is 15.5 Å². The van der Waals surface area contributed by atoms with Gasteiger partial charge in [0, 0.05) is 43.9 Å². The van der Waals surface area contributed by atoms with E-state index in [0.717, 1.165) is 6.54 Å². The molecule has 1 heterocycles. The highest BCUT2D eigenvalue weighted by atomic mass is 16.6. The van der Waals surface area contributed by atoms with Crippen molar-refractivity contribution in [2.75, 3.05) is 31.1 Å². The van der Waals surface area contributed by atoms with Gasteiger partial charge in [0.25, 0.3) is 11.6 Å². The second-order valence-electron chi connectivity index (χ2n) is 5.12. The van der Waals surface area contributed by atoms with Gasteiger partial charge < -0.3 is 15.5 Å². The molecule has 7 heteroatoms. The number of nitro benzene ring substituents is 1. The van der Waals surface area contributed by atoms with Gasteiger partial charge in [-0.15, -0.1) is 0 Å². The first kappa shape index (κ1) is 15.2. The van der Waals surface area contributed by atoms with E-state index in [-0.39, 0.29) is 17.6 Å². The molecule has 7 nitrogen and oxygen atoms in total. The van der Waals surface area contributed by atoms with Crippen molar-refractivity contribution in [3.05, 3.63) is 33.9 Å². The minimum Gasteiger partial charge on any atom is -0.363 e. The van der Waals surface area contributed by atoms with E-state index in [2.05, 4.69) is 10.6 Å². The summed E-state index contributed by atoms with van der Waals surface area (Å²) in [6.07, 6.45) is 0. The molecule has 1 aromatic rings. The van der Waals surface area contributed by atoms with Crippen LogP contribution in [0.2, 0.25) is 0 Å². The molecule has 0 saturated carbocycles. The Labute approximate surface area is 123 Å². The number of benzene rings is 1. The third-order valence-electron chi connectivity index (χ3n) is 3.48. The molecule has 114 valence electrons. The number of hydrogen-bond donors (Lipinski definition) is 2. The van der Waals surface area contributed by atoms with Gasteiger partial charge in [0.15, 0.2) is 0 Å². The maximum absolute atomic E-state index is 11.8. The van der Waals surface area contributed by atoms with Gasteiger partial charge in [-0.3, -0.25) is 14.9 Å². The summed E-state index contributed by atoms with van der Waals surface area (Å²) in [6.45, 7) is 6.55. The molecule has 0 aromatic heterocycles. The number of nitrogens with zero attached hydrogens (tertiary/aromatic N) is 2. The Hall–Kier alpha value is -2.15. The van der Waals surface area contributed by atoms with Crippen LogP contribution in [0.3, 0.4) is 0 Å². The van der Waals surface area contributed by atoms with Crippen molar-refractivity contribution >= 4 is 17.3 Å². The molecule has 0 spiro atoms. The average Bonchev–Trinajstić information content (AvgIpc) is 2.46. The van der Waals surface area contributed by atoms with Crippen LogP contribution in [0.5, 0.6) is 0 Å². The Morgan fingerprint density at radius 3 is 2.95 bits per heavy atom. The predicted molar refractivity (Wildman–Crippen MR) is 80.8 cm³/mol. The largest absolute Gasteiger partial charge is 0.363 e. The fraction of sp³-hybridized carbons (Fsp3) is 0.500. The quantitative estimate of drug-likeness (QED) is 0.642. The minimum atomic E-state index is -0.426. The number of carbonyl (C=O) groups is 1. The molecule has 1 atom stereocenters. The summed E-state index contributed by atoms with van der Waals surface area (Å²) in [5, 5.41) is 17.3. The standard InChI is InChI=1S/C14H20N4O3/c1-3-15-14(19)11-4-5-12(13(8-11)18(20)21)17-7-6-16-10(2)9-17/h4-5,8,10,16H,3,6-7,9H2,1-2H3,(H,15,19)/t10-/m0/s1. The number of amides is 1. The highest BCUT2D eigenvalue weighted by molar-refractivity contribution is 5.95. The normalized spacial score (nSPS) is 18.4. The Morgan fingerprint density at radius 1 is 1.57 bits per heavy atom. The Balaban J connectivity index is 2.33. The van der Waals surface area contributed by atoms with Crippen LogP contribution >= 0.6 is 0 Å². The zero-order valence-corrected chi connectivity index (χ0v) is 12.3. The number of carbonyl (C=O) groups excluding carboxylic acids is 1. The van der Waals surface area contributed by atoms with Crippen LogP contribution in [-0.2, 0) is 0 Å². The zero-order chi connectivity index (χ0) is 15.4. The average molecular weight is 292 g/mol. The second-order valence-corrected chi connectivity index (χ2v) is 5.12. The van der Waals surface area contributed by atoms with E-state index in [0.29, 0.717) is 30.9 Å². The first-order chi connectivity index (χ1) is 10.0. The van der Waals surface area contributed by atoms with E-state index >= 15 is 0 Å². The molecule has 1 aliphatic heterocycles. The van der Waals surface area contributed by atoms with E-state index in [1.54, 1.807) is 12.1 Å². The third kappa shape index (κ3) is 3.49. The highest BCUT2D eigenvalue weighted by Crippen LogP contribution is 2.30. The molecule has 1 aliphatic rings. The molecular formula is C14H20N4O3. The SMILES string of the molecule is CCNC(=O)c1ccc(N2CCN[C@@H](C)C2)c([N+](=O)[O-])c1. The molecule has 21 heavy (non-hydrogen) atoms. The number of piperazine rings is 1. The Kier molecular flexibility index (Phi) is 4.74. The monoisotopic (exact) mass is 292 g/mol. The second kappa shape index (κ2) is 6.53. The molecule has 1 amide bonds. The Morgan fingerprint density at radius 2 is 2.33 bits per heavy atom. The van der Waals surface area contributed by atoms with Gasteiger partial charge in [0.1, 0.15) is 5.69 Å². The van der Waals surface area contributed by atoms with Gasteiger partial charge in [-0.1, -0.05) is 0 Å². The van der Waals surface area contributed by atoms with Crippen molar-refractivity contribution < 1.29 is 9.72 Å². The van der Waals surface area contributed by atoms with Crippen molar-refractivity contribution in [3.8, 4) is 0 Å². The fourth-order valence-corrected chi connectivity index (χ4v) is 2.49. The van der Waals surface area contributed by atoms with Gasteiger partial charge in [-0.2, -0.15) is 0 Å². The van der Waals surface area contributed by atoms with Gasteiger partial charge in [0.05, 0.1) is 4.92 Å². The van der Waals surface area contributed by atoms with Crippen LogP contribution in [0.1, 0.15) is 24.2 Å². The number of nitrogens with one attached hydrogen (secondary N) is 2. The van der Waals surface area contributed by atoms with Crippen LogP contribution in [0.25, 0.3) is 0 Å². The number of hydrogen-bond acceptors (Lipinski definition) is 5. The molecular weight excluding hydrogens is 272 g/mol. The molecule has 1 aromatic carbocycles. The molecule has 0 aliphatic carbocycles. The smallest absolute Gasteiger partial charge is 0.293 e. The van der Waals surface area contributed by atoms with Crippen molar-refractivity contribution in [1.29, 1.82) is 0 Å². The lowest BCUT2D eigenvalue weighted by Gasteiger charge is -2.33. The summed E-state index contributed by atoms with van der Waals surface area (Å²) in [6, 6.07) is 4.94. The summed E-state index contributed by atoms with van der Waals surface area (Å²) < 4.78 is 0. The maximum atomic E-state index is 11.8. The number of rotatable bonds is 4. The zero-order valence-electron chi connectivity index (χ0n) is 12.3. The third-order valence-corrected chi connectivity index (χ3v) is 3.48. The van der Waals surface area contributed by atoms with E-state index in [1.165, 1.54) is 6.07 Å². The summed E-state index contributed by atoms with van der Waals surface area (Å²) in [5.74, 6) is -0.291. The van der Waals surface area contributed by atoms with E-state index in [9.17, 15) is 14.9 Å². The van der Waals surface area contributed by atoms with E-state index in [1.807, 2.05) is 18.7 Å². The van der Waals surface area contributed by atoms with Crippen molar-refractivity contribution in [2.24, 2.45) is 0 Å². The van der Waals surface area contributed by atoms with Crippen LogP contribution in [0.15, 0.2) is 18.2 Å². The molecule has 0 bridgehead atoms. The first-order valence-electron chi connectivity index (χ1n) is 7.08. The minimum absolute atomic E-state index is 0.0205. The topological polar surface area (TPSA) is 87.5 Å². The van der Waals surface area contributed by atoms with Gasteiger partial charge in [-0.05, 0) is 26.0 Å². The molecule has 2 rings (SSSR count). The van der Waals surface area contributed by atoms with E-state index < -0.39 is 4.92 Å². The van der Waals surface area contributed by atoms with Crippen LogP contribution in [0, 0.1) is 10.1 Å². The van der Waals surface area contributed by atoms with Crippen LogP contribution in [-0.4, -0.2) is 43.1 Å². The lowest BCUT2D eigenvalue weighted by Crippen LogP contribution is -2.49. The summed E-state index contributed by atoms with van der Waals surface area (Å²) in [4.78, 5) is 24.7. The van der Waals surface area contributed by atoms with Crippen molar-refractivity contribution in [3.63, 3.8) is 0 Å². The Bertz CT molecular complexity index is 547. The van der Waals surface area contributed by atoms with E-state index in [4.69, 9.17) is 0 Å². The van der Waals surface area contributed by atoms with Gasteiger partial charge in [0.2, 0.25) is 0 Å². The molecule has 0 radical (unpaired) electrons. The number of anilines is 1. The summed E-state index contributed by atoms with van der Waals surface area (Å²) >= 11 is 0. The lowest BCUT2D eigenvalue weighted by atomic mass is 10.1. The summed E-state index contributed by atoms with van der Waals surface area (Å²) in [5.41, 5.74) is 0.865. The highest BCUT2D eigenvalue weighted by Gasteiger charge is 2.24. The maximum Gasteiger partial charge on any atom is 0.293 e. The van der Waals surface area contributed by atoms with Crippen LogP contribution in [0.4, 0.5) is 11.4 Å². The van der Waals surface area contributed by atoms with Gasteiger partial charge >= 0.3 is 0 Å². The molecule has 2 N–H and O–H groups in total.